The van der Waals surface area contributed by atoms with Gasteiger partial charge in [0.05, 0.1) is 0 Å². The Balaban J connectivity index is 1.68. The second kappa shape index (κ2) is 6.96. The summed E-state index contributed by atoms with van der Waals surface area (Å²) in [6, 6.07) is 10.2. The van der Waals surface area contributed by atoms with Crippen LogP contribution in [0, 0.1) is 0 Å². The Hall–Kier alpha value is -2.83. The molecule has 1 fully saturated rings. The number of carbonyl (C=O) groups is 1. The molecule has 1 aromatic heterocycles. The molecule has 0 unspecified atom stereocenters. The van der Waals surface area contributed by atoms with Gasteiger partial charge in [0, 0.05) is 13.1 Å². The summed E-state index contributed by atoms with van der Waals surface area (Å²) in [7, 11) is 1.33. The number of amides is 1. The molecule has 1 heterocycles. The highest BCUT2D eigenvalue weighted by atomic mass is 16.3. The van der Waals surface area contributed by atoms with Gasteiger partial charge in [-0.1, -0.05) is 30.3 Å². The molecular formula is C18H21N3O4. The molecule has 0 bridgehead atoms. The van der Waals surface area contributed by atoms with Gasteiger partial charge in [-0.2, -0.15) is 0 Å². The van der Waals surface area contributed by atoms with E-state index in [9.17, 15) is 19.5 Å². The average molecular weight is 343 g/mol. The maximum atomic E-state index is 12.4. The highest BCUT2D eigenvalue weighted by Crippen LogP contribution is 2.32. The molecule has 0 atom stereocenters. The van der Waals surface area contributed by atoms with E-state index in [1.807, 2.05) is 23.2 Å². The highest BCUT2D eigenvalue weighted by Gasteiger charge is 2.26. The standard InChI is InChI=1S/C18H21N3O4/c1-21-14(15(22)17(24)20-18(21)25)16(23)19-13-9-7-12(8-10-13)11-5-3-2-4-6-11/h2-6,12-13,22H,7-10H2,1H3,(H,19,23)(H,20,24,25)/t12-,13+. The summed E-state index contributed by atoms with van der Waals surface area (Å²) in [6.07, 6.45) is 3.52. The van der Waals surface area contributed by atoms with Gasteiger partial charge in [0.15, 0.2) is 5.69 Å². The third-order valence-electron chi connectivity index (χ3n) is 4.85. The van der Waals surface area contributed by atoms with Gasteiger partial charge in [-0.15, -0.1) is 0 Å². The number of nitrogens with zero attached hydrogens (tertiary/aromatic N) is 1. The molecule has 0 spiro atoms. The number of nitrogens with one attached hydrogen (secondary N) is 2. The van der Waals surface area contributed by atoms with Crippen LogP contribution in [0.5, 0.6) is 5.75 Å². The first kappa shape index (κ1) is 17.0. The topological polar surface area (TPSA) is 104 Å². The zero-order valence-electron chi connectivity index (χ0n) is 14.0. The van der Waals surface area contributed by atoms with Crippen LogP contribution in [0.1, 0.15) is 47.7 Å². The Morgan fingerprint density at radius 1 is 1.16 bits per heavy atom. The second-order valence-corrected chi connectivity index (χ2v) is 6.45. The van der Waals surface area contributed by atoms with Gasteiger partial charge in [-0.3, -0.25) is 19.1 Å². The number of benzene rings is 1. The lowest BCUT2D eigenvalue weighted by molar-refractivity contribution is 0.0912. The molecule has 1 aliphatic carbocycles. The van der Waals surface area contributed by atoms with Gasteiger partial charge in [0.1, 0.15) is 0 Å². The molecule has 25 heavy (non-hydrogen) atoms. The van der Waals surface area contributed by atoms with Crippen LogP contribution in [0.2, 0.25) is 0 Å². The summed E-state index contributed by atoms with van der Waals surface area (Å²) < 4.78 is 0.946. The monoisotopic (exact) mass is 343 g/mol. The minimum Gasteiger partial charge on any atom is -0.501 e. The van der Waals surface area contributed by atoms with E-state index in [0.717, 1.165) is 30.3 Å². The highest BCUT2D eigenvalue weighted by molar-refractivity contribution is 5.95. The van der Waals surface area contributed by atoms with Crippen molar-refractivity contribution in [1.82, 2.24) is 14.9 Å². The summed E-state index contributed by atoms with van der Waals surface area (Å²) >= 11 is 0. The number of carbonyl (C=O) groups excluding carboxylic acids is 1. The molecule has 3 N–H and O–H groups in total. The molecular weight excluding hydrogens is 322 g/mol. The van der Waals surface area contributed by atoms with Crippen LogP contribution in [0.3, 0.4) is 0 Å². The SMILES string of the molecule is Cn1c(C(=O)N[C@H]2CC[C@@H](c3ccccc3)CC2)c(O)c(=O)[nH]c1=O. The molecule has 7 heteroatoms. The molecule has 2 aromatic rings. The summed E-state index contributed by atoms with van der Waals surface area (Å²) in [5.74, 6) is -0.865. The number of hydrogen-bond acceptors (Lipinski definition) is 4. The predicted molar refractivity (Wildman–Crippen MR) is 92.9 cm³/mol. The van der Waals surface area contributed by atoms with Gasteiger partial charge in [-0.25, -0.2) is 4.79 Å². The molecule has 0 radical (unpaired) electrons. The van der Waals surface area contributed by atoms with Crippen LogP contribution in [-0.4, -0.2) is 26.6 Å². The number of aromatic hydroxyl groups is 1. The van der Waals surface area contributed by atoms with Crippen LogP contribution in [-0.2, 0) is 7.05 Å². The Kier molecular flexibility index (Phi) is 4.74. The summed E-state index contributed by atoms with van der Waals surface area (Å²) in [5, 5.41) is 12.7. The second-order valence-electron chi connectivity index (χ2n) is 6.45. The van der Waals surface area contributed by atoms with Gasteiger partial charge < -0.3 is 10.4 Å². The van der Waals surface area contributed by atoms with Crippen LogP contribution < -0.4 is 16.6 Å². The van der Waals surface area contributed by atoms with Crippen LogP contribution in [0.15, 0.2) is 39.9 Å². The Labute approximate surface area is 144 Å². The Bertz CT molecular complexity index is 843. The van der Waals surface area contributed by atoms with Crippen molar-refractivity contribution in [2.24, 2.45) is 7.05 Å². The van der Waals surface area contributed by atoms with Crippen molar-refractivity contribution in [2.75, 3.05) is 0 Å². The third-order valence-corrected chi connectivity index (χ3v) is 4.85. The van der Waals surface area contributed by atoms with Crippen LogP contribution in [0.4, 0.5) is 0 Å². The molecule has 0 aliphatic heterocycles. The first-order chi connectivity index (χ1) is 12.0. The molecule has 1 aromatic carbocycles. The largest absolute Gasteiger partial charge is 0.501 e. The number of H-pyrrole nitrogens is 1. The fourth-order valence-electron chi connectivity index (χ4n) is 3.42. The van der Waals surface area contributed by atoms with E-state index in [1.165, 1.54) is 12.6 Å². The number of aromatic amines is 1. The third kappa shape index (κ3) is 3.50. The molecule has 132 valence electrons. The van der Waals surface area contributed by atoms with E-state index < -0.39 is 22.9 Å². The maximum absolute atomic E-state index is 12.4. The number of rotatable bonds is 3. The summed E-state index contributed by atoms with van der Waals surface area (Å²) in [6.45, 7) is 0. The smallest absolute Gasteiger partial charge is 0.328 e. The summed E-state index contributed by atoms with van der Waals surface area (Å²) in [5.41, 5.74) is -0.692. The molecule has 0 saturated heterocycles. The average Bonchev–Trinajstić information content (AvgIpc) is 2.62. The van der Waals surface area contributed by atoms with Crippen molar-refractivity contribution in [2.45, 2.75) is 37.6 Å². The summed E-state index contributed by atoms with van der Waals surface area (Å²) in [4.78, 5) is 37.5. The first-order valence-corrected chi connectivity index (χ1v) is 8.35. The minimum absolute atomic E-state index is 0.0405. The lowest BCUT2D eigenvalue weighted by Crippen LogP contribution is -2.41. The van der Waals surface area contributed by atoms with E-state index >= 15 is 0 Å². The van der Waals surface area contributed by atoms with E-state index in [4.69, 9.17) is 0 Å². The van der Waals surface area contributed by atoms with Crippen molar-refractivity contribution in [3.63, 3.8) is 0 Å². The van der Waals surface area contributed by atoms with E-state index in [-0.39, 0.29) is 11.7 Å². The first-order valence-electron chi connectivity index (χ1n) is 8.35. The van der Waals surface area contributed by atoms with Gasteiger partial charge in [0.25, 0.3) is 11.5 Å². The molecule has 1 saturated carbocycles. The molecule has 1 aliphatic rings. The van der Waals surface area contributed by atoms with E-state index in [1.54, 1.807) is 0 Å². The van der Waals surface area contributed by atoms with Crippen molar-refractivity contribution >= 4 is 5.91 Å². The minimum atomic E-state index is -0.957. The molecule has 1 amide bonds. The predicted octanol–water partition coefficient (Wildman–Crippen LogP) is 1.24. The Morgan fingerprint density at radius 3 is 2.44 bits per heavy atom. The van der Waals surface area contributed by atoms with E-state index in [2.05, 4.69) is 17.4 Å². The maximum Gasteiger partial charge on any atom is 0.328 e. The van der Waals surface area contributed by atoms with Gasteiger partial charge in [0.2, 0.25) is 5.75 Å². The zero-order chi connectivity index (χ0) is 18.0. The van der Waals surface area contributed by atoms with Gasteiger partial charge >= 0.3 is 5.69 Å². The van der Waals surface area contributed by atoms with Crippen LogP contribution in [0.25, 0.3) is 0 Å². The van der Waals surface area contributed by atoms with Crippen molar-refractivity contribution < 1.29 is 9.90 Å². The fraction of sp³-hybridized carbons (Fsp3) is 0.389. The van der Waals surface area contributed by atoms with Gasteiger partial charge in [-0.05, 0) is 37.2 Å². The van der Waals surface area contributed by atoms with Crippen LogP contribution >= 0.6 is 0 Å². The lowest BCUT2D eigenvalue weighted by Gasteiger charge is -2.29. The normalized spacial score (nSPS) is 20.2. The quantitative estimate of drug-likeness (QED) is 0.780. The number of hydrogen-bond donors (Lipinski definition) is 3. The van der Waals surface area contributed by atoms with Crippen molar-refractivity contribution in [1.29, 1.82) is 0 Å². The van der Waals surface area contributed by atoms with Crippen molar-refractivity contribution in [3.05, 3.63) is 62.4 Å². The fourth-order valence-corrected chi connectivity index (χ4v) is 3.42. The number of aromatic nitrogens is 2. The Morgan fingerprint density at radius 2 is 1.80 bits per heavy atom. The van der Waals surface area contributed by atoms with Crippen molar-refractivity contribution in [3.8, 4) is 5.75 Å². The van der Waals surface area contributed by atoms with E-state index in [0.29, 0.717) is 5.92 Å². The lowest BCUT2D eigenvalue weighted by atomic mass is 9.82. The molecule has 7 nitrogen and oxygen atoms in total. The molecule has 3 rings (SSSR count). The zero-order valence-corrected chi connectivity index (χ0v) is 14.0.